The van der Waals surface area contributed by atoms with Gasteiger partial charge in [0.2, 0.25) is 10.0 Å². The maximum Gasteiger partial charge on any atom is 0.387 e. The van der Waals surface area contributed by atoms with Crippen LogP contribution < -0.4 is 4.74 Å². The van der Waals surface area contributed by atoms with Gasteiger partial charge in [0.05, 0.1) is 4.90 Å². The molecule has 1 saturated heterocycles. The predicted molar refractivity (Wildman–Crippen MR) is 72.2 cm³/mol. The third-order valence-electron chi connectivity index (χ3n) is 3.46. The second-order valence-electron chi connectivity index (χ2n) is 4.94. The van der Waals surface area contributed by atoms with Crippen LogP contribution in [0.15, 0.2) is 23.1 Å². The summed E-state index contributed by atoms with van der Waals surface area (Å²) < 4.78 is 67.6. The molecule has 10 heteroatoms. The smallest absolute Gasteiger partial charge is 0.387 e. The highest BCUT2D eigenvalue weighted by molar-refractivity contribution is 7.89. The van der Waals surface area contributed by atoms with E-state index in [0.29, 0.717) is 18.9 Å². The first-order valence-electron chi connectivity index (χ1n) is 6.72. The molecule has 0 aromatic heterocycles. The zero-order chi connectivity index (χ0) is 17.2. The molecule has 1 heterocycles. The molecule has 1 aliphatic heterocycles. The van der Waals surface area contributed by atoms with Crippen LogP contribution in [-0.4, -0.2) is 43.0 Å². The second-order valence-corrected chi connectivity index (χ2v) is 6.83. The fourth-order valence-corrected chi connectivity index (χ4v) is 4.07. The molecule has 1 N–H and O–H groups in total. The Hall–Kier alpha value is -1.81. The van der Waals surface area contributed by atoms with Gasteiger partial charge in [0.15, 0.2) is 11.6 Å². The minimum atomic E-state index is -4.25. The van der Waals surface area contributed by atoms with E-state index >= 15 is 0 Å². The number of piperidine rings is 1. The van der Waals surface area contributed by atoms with Gasteiger partial charge in [-0.05, 0) is 37.5 Å². The second kappa shape index (κ2) is 6.75. The van der Waals surface area contributed by atoms with Gasteiger partial charge in [-0.25, -0.2) is 12.8 Å². The van der Waals surface area contributed by atoms with Crippen LogP contribution in [0.3, 0.4) is 0 Å². The lowest BCUT2D eigenvalue weighted by atomic mass is 10.1. The molecular weight excluding hydrogens is 339 g/mol. The van der Waals surface area contributed by atoms with Crippen LogP contribution in [0.25, 0.3) is 0 Å². The molecule has 1 fully saturated rings. The van der Waals surface area contributed by atoms with Gasteiger partial charge in [-0.2, -0.15) is 13.1 Å². The largest absolute Gasteiger partial charge is 0.480 e. The van der Waals surface area contributed by atoms with Crippen LogP contribution >= 0.6 is 0 Å². The summed E-state index contributed by atoms with van der Waals surface area (Å²) in [7, 11) is -4.25. The number of hydrogen-bond donors (Lipinski definition) is 1. The number of ether oxygens (including phenoxy) is 1. The third-order valence-corrected chi connectivity index (χ3v) is 5.37. The number of carboxylic acid groups (broad SMARTS) is 1. The minimum absolute atomic E-state index is 0.00377. The summed E-state index contributed by atoms with van der Waals surface area (Å²) in [5.74, 6) is -3.34. The summed E-state index contributed by atoms with van der Waals surface area (Å²) >= 11 is 0. The Morgan fingerprint density at radius 2 is 2.04 bits per heavy atom. The van der Waals surface area contributed by atoms with E-state index < -0.39 is 45.1 Å². The molecule has 0 bridgehead atoms. The number of carboxylic acids is 1. The van der Waals surface area contributed by atoms with E-state index in [1.165, 1.54) is 0 Å². The lowest BCUT2D eigenvalue weighted by Gasteiger charge is -2.31. The summed E-state index contributed by atoms with van der Waals surface area (Å²) in [5.41, 5.74) is 0. The molecule has 1 aromatic rings. The summed E-state index contributed by atoms with van der Waals surface area (Å²) in [5, 5.41) is 9.13. The lowest BCUT2D eigenvalue weighted by Crippen LogP contribution is -2.47. The van der Waals surface area contributed by atoms with E-state index in [1.807, 2.05) is 0 Å². The van der Waals surface area contributed by atoms with E-state index in [9.17, 15) is 26.4 Å². The topological polar surface area (TPSA) is 83.9 Å². The van der Waals surface area contributed by atoms with Gasteiger partial charge in [0.25, 0.3) is 0 Å². The fourth-order valence-electron chi connectivity index (χ4n) is 2.41. The first-order valence-corrected chi connectivity index (χ1v) is 8.16. The number of halogens is 3. The molecule has 0 radical (unpaired) electrons. The Bertz CT molecular complexity index is 695. The Kier molecular flexibility index (Phi) is 5.15. The van der Waals surface area contributed by atoms with Crippen LogP contribution in [0.5, 0.6) is 5.75 Å². The summed E-state index contributed by atoms with van der Waals surface area (Å²) in [6, 6.07) is 0.993. The number of alkyl halides is 2. The van der Waals surface area contributed by atoms with E-state index in [4.69, 9.17) is 5.11 Å². The van der Waals surface area contributed by atoms with Gasteiger partial charge >= 0.3 is 12.6 Å². The van der Waals surface area contributed by atoms with Crippen molar-refractivity contribution in [1.29, 1.82) is 0 Å². The van der Waals surface area contributed by atoms with Gasteiger partial charge < -0.3 is 9.84 Å². The highest BCUT2D eigenvalue weighted by Crippen LogP contribution is 2.28. The molecule has 1 unspecified atom stereocenters. The average molecular weight is 353 g/mol. The molecule has 1 aromatic carbocycles. The van der Waals surface area contributed by atoms with Gasteiger partial charge in [0, 0.05) is 6.54 Å². The monoisotopic (exact) mass is 353 g/mol. The van der Waals surface area contributed by atoms with Gasteiger partial charge in [-0.1, -0.05) is 0 Å². The van der Waals surface area contributed by atoms with Gasteiger partial charge in [0.1, 0.15) is 6.04 Å². The number of rotatable bonds is 5. The zero-order valence-corrected chi connectivity index (χ0v) is 12.6. The number of hydrogen-bond acceptors (Lipinski definition) is 4. The van der Waals surface area contributed by atoms with Crippen LogP contribution in [0.4, 0.5) is 13.2 Å². The zero-order valence-electron chi connectivity index (χ0n) is 11.8. The molecule has 0 saturated carbocycles. The molecule has 0 spiro atoms. The molecule has 0 aliphatic carbocycles. The molecule has 1 aliphatic rings. The third kappa shape index (κ3) is 3.75. The summed E-state index contributed by atoms with van der Waals surface area (Å²) in [6.45, 7) is -3.25. The van der Waals surface area contributed by atoms with E-state index in [-0.39, 0.29) is 13.0 Å². The van der Waals surface area contributed by atoms with E-state index in [0.717, 1.165) is 16.4 Å². The first kappa shape index (κ1) is 17.5. The minimum Gasteiger partial charge on any atom is -0.480 e. The first-order chi connectivity index (χ1) is 10.7. The highest BCUT2D eigenvalue weighted by Gasteiger charge is 2.37. The maximum absolute atomic E-state index is 13.7. The van der Waals surface area contributed by atoms with Crippen LogP contribution in [0.2, 0.25) is 0 Å². The predicted octanol–water partition coefficient (Wildman–Crippen LogP) is 2.05. The van der Waals surface area contributed by atoms with Crippen LogP contribution in [0.1, 0.15) is 19.3 Å². The van der Waals surface area contributed by atoms with Crippen molar-refractivity contribution in [2.75, 3.05) is 6.54 Å². The molecule has 1 atom stereocenters. The molecule has 6 nitrogen and oxygen atoms in total. The molecule has 23 heavy (non-hydrogen) atoms. The Morgan fingerprint density at radius 3 is 2.61 bits per heavy atom. The van der Waals surface area contributed by atoms with E-state index in [2.05, 4.69) is 4.74 Å². The summed E-state index contributed by atoms with van der Waals surface area (Å²) in [6.07, 6.45) is 1.21. The SMILES string of the molecule is O=C(O)C1CCCCN1S(=O)(=O)c1ccc(OC(F)F)c(F)c1. The molecule has 2 rings (SSSR count). The number of benzene rings is 1. The van der Waals surface area contributed by atoms with E-state index in [1.54, 1.807) is 0 Å². The van der Waals surface area contributed by atoms with Crippen LogP contribution in [0, 0.1) is 5.82 Å². The standard InChI is InChI=1S/C13H14F3NO5S/c14-9-7-8(4-5-11(9)22-13(15)16)23(20,21)17-6-2-1-3-10(17)12(18)19/h4-5,7,10,13H,1-3,6H2,(H,18,19). The molecule has 128 valence electrons. The van der Waals surface area contributed by atoms with Gasteiger partial charge in [-0.15, -0.1) is 0 Å². The Balaban J connectivity index is 2.35. The van der Waals surface area contributed by atoms with Crippen molar-refractivity contribution >= 4 is 16.0 Å². The fraction of sp³-hybridized carbons (Fsp3) is 0.462. The average Bonchev–Trinajstić information content (AvgIpc) is 2.48. The van der Waals surface area contributed by atoms with Crippen molar-refractivity contribution in [3.8, 4) is 5.75 Å². The Labute approximate surface area is 130 Å². The number of sulfonamides is 1. The molecular formula is C13H14F3NO5S. The van der Waals surface area contributed by atoms with Crippen LogP contribution in [-0.2, 0) is 14.8 Å². The van der Waals surface area contributed by atoms with Crippen molar-refractivity contribution in [1.82, 2.24) is 4.31 Å². The van der Waals surface area contributed by atoms with Crippen molar-refractivity contribution in [3.63, 3.8) is 0 Å². The number of nitrogens with zero attached hydrogens (tertiary/aromatic N) is 1. The maximum atomic E-state index is 13.7. The van der Waals surface area contributed by atoms with Gasteiger partial charge in [-0.3, -0.25) is 4.79 Å². The van der Waals surface area contributed by atoms with Crippen molar-refractivity contribution in [3.05, 3.63) is 24.0 Å². The Morgan fingerprint density at radius 1 is 1.35 bits per heavy atom. The quantitative estimate of drug-likeness (QED) is 0.876. The number of carbonyl (C=O) groups is 1. The normalized spacial score (nSPS) is 19.7. The summed E-state index contributed by atoms with van der Waals surface area (Å²) in [4.78, 5) is 10.7. The van der Waals surface area contributed by atoms with Crippen molar-refractivity contribution < 1.29 is 36.2 Å². The molecule has 0 amide bonds. The number of aliphatic carboxylic acids is 1. The highest BCUT2D eigenvalue weighted by atomic mass is 32.2. The van der Waals surface area contributed by atoms with Crippen molar-refractivity contribution in [2.24, 2.45) is 0 Å². The van der Waals surface area contributed by atoms with Crippen molar-refractivity contribution in [2.45, 2.75) is 36.8 Å². The lowest BCUT2D eigenvalue weighted by molar-refractivity contribution is -0.142.